The average molecular weight is 392 g/mol. The van der Waals surface area contributed by atoms with Gasteiger partial charge in [0.15, 0.2) is 0 Å². The highest BCUT2D eigenvalue weighted by Gasteiger charge is 2.25. The first-order valence-electron chi connectivity index (χ1n) is 9.26. The molecule has 1 aliphatic heterocycles. The fourth-order valence-corrected chi connectivity index (χ4v) is 3.58. The van der Waals surface area contributed by atoms with Crippen molar-refractivity contribution < 1.29 is 14.5 Å². The number of benzene rings is 2. The first-order chi connectivity index (χ1) is 13.9. The van der Waals surface area contributed by atoms with Crippen molar-refractivity contribution in [1.29, 1.82) is 0 Å². The molecular formula is C21H20N4O4. The minimum absolute atomic E-state index is 0.00245. The molecule has 0 fully saturated rings. The molecule has 4 rings (SSSR count). The first-order valence-corrected chi connectivity index (χ1v) is 9.26. The maximum absolute atomic E-state index is 12.8. The van der Waals surface area contributed by atoms with Crippen molar-refractivity contribution in [1.82, 2.24) is 15.1 Å². The Bertz CT molecular complexity index is 1090. The smallest absolute Gasteiger partial charge is 0.269 e. The van der Waals surface area contributed by atoms with E-state index in [1.54, 1.807) is 18.3 Å². The highest BCUT2D eigenvalue weighted by molar-refractivity contribution is 5.94. The summed E-state index contributed by atoms with van der Waals surface area (Å²) in [6.07, 6.45) is 3.79. The molecule has 1 aromatic heterocycles. The van der Waals surface area contributed by atoms with Crippen LogP contribution in [-0.4, -0.2) is 27.2 Å². The molecular weight excluding hydrogens is 372 g/mol. The summed E-state index contributed by atoms with van der Waals surface area (Å²) in [6, 6.07) is 9.97. The Hall–Kier alpha value is -3.68. The van der Waals surface area contributed by atoms with Gasteiger partial charge in [-0.3, -0.25) is 14.9 Å². The third-order valence-electron chi connectivity index (χ3n) is 4.95. The molecule has 1 atom stereocenters. The second-order valence-electron chi connectivity index (χ2n) is 7.11. The molecule has 8 nitrogen and oxygen atoms in total. The molecule has 0 spiro atoms. The quantitative estimate of drug-likeness (QED) is 0.540. The second kappa shape index (κ2) is 7.38. The third-order valence-corrected chi connectivity index (χ3v) is 4.95. The minimum atomic E-state index is -0.457. The van der Waals surface area contributed by atoms with E-state index in [1.807, 2.05) is 19.9 Å². The fraction of sp³-hybridized carbons (Fsp3) is 0.238. The molecule has 1 unspecified atom stereocenters. The number of hydrogen-bond acceptors (Lipinski definition) is 5. The SMILES string of the molecule is Cc1cc(C)c2c(c1)C(NC(=O)c1cnn(-c3ccc([N+](=O)[O-])cc3)c1)CCO2. The van der Waals surface area contributed by atoms with Gasteiger partial charge in [0.05, 0.1) is 35.0 Å². The zero-order valence-electron chi connectivity index (χ0n) is 16.1. The lowest BCUT2D eigenvalue weighted by atomic mass is 9.95. The van der Waals surface area contributed by atoms with Gasteiger partial charge in [0.1, 0.15) is 5.75 Å². The second-order valence-corrected chi connectivity index (χ2v) is 7.11. The topological polar surface area (TPSA) is 99.3 Å². The van der Waals surface area contributed by atoms with Gasteiger partial charge in [0, 0.05) is 30.3 Å². The molecule has 1 aliphatic rings. The number of nitrogens with zero attached hydrogens (tertiary/aromatic N) is 3. The van der Waals surface area contributed by atoms with Crippen LogP contribution in [0.3, 0.4) is 0 Å². The van der Waals surface area contributed by atoms with Crippen LogP contribution in [-0.2, 0) is 0 Å². The van der Waals surface area contributed by atoms with Crippen molar-refractivity contribution in [3.05, 3.63) is 81.2 Å². The predicted molar refractivity (Wildman–Crippen MR) is 106 cm³/mol. The van der Waals surface area contributed by atoms with Gasteiger partial charge < -0.3 is 10.1 Å². The number of carbonyl (C=O) groups excluding carboxylic acids is 1. The number of ether oxygens (including phenoxy) is 1. The van der Waals surface area contributed by atoms with Crippen LogP contribution in [0.25, 0.3) is 5.69 Å². The van der Waals surface area contributed by atoms with E-state index in [2.05, 4.69) is 16.5 Å². The van der Waals surface area contributed by atoms with Gasteiger partial charge in [0.25, 0.3) is 11.6 Å². The predicted octanol–water partition coefficient (Wildman–Crippen LogP) is 3.65. The Balaban J connectivity index is 1.53. The van der Waals surface area contributed by atoms with Crippen LogP contribution in [0.1, 0.15) is 39.5 Å². The number of fused-ring (bicyclic) bond motifs is 1. The van der Waals surface area contributed by atoms with Crippen molar-refractivity contribution in [3.63, 3.8) is 0 Å². The van der Waals surface area contributed by atoms with Gasteiger partial charge in [-0.25, -0.2) is 4.68 Å². The minimum Gasteiger partial charge on any atom is -0.493 e. The number of hydrogen-bond donors (Lipinski definition) is 1. The Morgan fingerprint density at radius 3 is 2.76 bits per heavy atom. The molecule has 0 saturated carbocycles. The number of non-ortho nitro benzene ring substituents is 1. The number of nitrogens with one attached hydrogen (secondary N) is 1. The molecule has 1 N–H and O–H groups in total. The Kier molecular flexibility index (Phi) is 4.75. The van der Waals surface area contributed by atoms with Crippen LogP contribution in [0.4, 0.5) is 5.69 Å². The Morgan fingerprint density at radius 2 is 2.03 bits per heavy atom. The van der Waals surface area contributed by atoms with E-state index in [-0.39, 0.29) is 17.6 Å². The zero-order chi connectivity index (χ0) is 20.5. The zero-order valence-corrected chi connectivity index (χ0v) is 16.1. The summed E-state index contributed by atoms with van der Waals surface area (Å²) in [6.45, 7) is 4.57. The maximum atomic E-state index is 12.8. The largest absolute Gasteiger partial charge is 0.493 e. The maximum Gasteiger partial charge on any atom is 0.269 e. The van der Waals surface area contributed by atoms with Crippen LogP contribution >= 0.6 is 0 Å². The normalized spacial score (nSPS) is 15.3. The molecule has 8 heteroatoms. The summed E-state index contributed by atoms with van der Waals surface area (Å²) in [5, 5.41) is 18.1. The summed E-state index contributed by atoms with van der Waals surface area (Å²) >= 11 is 0. The molecule has 148 valence electrons. The molecule has 2 heterocycles. The van der Waals surface area contributed by atoms with Crippen molar-refractivity contribution in [2.24, 2.45) is 0 Å². The van der Waals surface area contributed by atoms with E-state index >= 15 is 0 Å². The monoisotopic (exact) mass is 392 g/mol. The first kappa shape index (κ1) is 18.7. The van der Waals surface area contributed by atoms with Crippen molar-refractivity contribution in [3.8, 4) is 11.4 Å². The number of aromatic nitrogens is 2. The summed E-state index contributed by atoms with van der Waals surface area (Å²) in [7, 11) is 0. The van der Waals surface area contributed by atoms with Crippen molar-refractivity contribution >= 4 is 11.6 Å². The van der Waals surface area contributed by atoms with Crippen LogP contribution in [0.5, 0.6) is 5.75 Å². The molecule has 0 aliphatic carbocycles. The lowest BCUT2D eigenvalue weighted by Gasteiger charge is -2.28. The molecule has 0 bridgehead atoms. The summed E-state index contributed by atoms with van der Waals surface area (Å²) in [5.41, 5.74) is 4.23. The van der Waals surface area contributed by atoms with E-state index in [1.165, 1.54) is 23.0 Å². The third kappa shape index (κ3) is 3.69. The van der Waals surface area contributed by atoms with Gasteiger partial charge in [-0.1, -0.05) is 17.7 Å². The highest BCUT2D eigenvalue weighted by Crippen LogP contribution is 2.35. The number of amides is 1. The van der Waals surface area contributed by atoms with Crippen LogP contribution in [0.15, 0.2) is 48.8 Å². The molecule has 3 aromatic rings. The lowest BCUT2D eigenvalue weighted by Crippen LogP contribution is -2.32. The van der Waals surface area contributed by atoms with E-state index in [0.717, 1.165) is 22.4 Å². The van der Waals surface area contributed by atoms with Crippen LogP contribution in [0.2, 0.25) is 0 Å². The van der Waals surface area contributed by atoms with E-state index in [9.17, 15) is 14.9 Å². The summed E-state index contributed by atoms with van der Waals surface area (Å²) in [4.78, 5) is 23.1. The van der Waals surface area contributed by atoms with Crippen LogP contribution in [0, 0.1) is 24.0 Å². The van der Waals surface area contributed by atoms with Crippen molar-refractivity contribution in [2.75, 3.05) is 6.61 Å². The highest BCUT2D eigenvalue weighted by atomic mass is 16.6. The average Bonchev–Trinajstić information content (AvgIpc) is 3.19. The molecule has 1 amide bonds. The van der Waals surface area contributed by atoms with Crippen LogP contribution < -0.4 is 10.1 Å². The number of nitro groups is 1. The standard InChI is InChI=1S/C21H20N4O4/c1-13-9-14(2)20-18(10-13)19(7-8-29-20)23-21(26)15-11-22-24(12-15)16-3-5-17(6-4-16)25(27)28/h3-6,9-12,19H,7-8H2,1-2H3,(H,23,26). The molecule has 2 aromatic carbocycles. The molecule has 29 heavy (non-hydrogen) atoms. The summed E-state index contributed by atoms with van der Waals surface area (Å²) < 4.78 is 7.32. The van der Waals surface area contributed by atoms with Gasteiger partial charge in [0.2, 0.25) is 0 Å². The molecule has 0 saturated heterocycles. The van der Waals surface area contributed by atoms with Gasteiger partial charge in [-0.15, -0.1) is 0 Å². The lowest BCUT2D eigenvalue weighted by molar-refractivity contribution is -0.384. The Labute approximate surface area is 167 Å². The van der Waals surface area contributed by atoms with E-state index in [4.69, 9.17) is 4.74 Å². The van der Waals surface area contributed by atoms with E-state index < -0.39 is 4.92 Å². The number of rotatable bonds is 4. The fourth-order valence-electron chi connectivity index (χ4n) is 3.58. The number of carbonyl (C=O) groups is 1. The Morgan fingerprint density at radius 1 is 1.28 bits per heavy atom. The van der Waals surface area contributed by atoms with Gasteiger partial charge in [-0.2, -0.15) is 5.10 Å². The van der Waals surface area contributed by atoms with Gasteiger partial charge in [-0.05, 0) is 31.5 Å². The number of nitro benzene ring substituents is 1. The summed E-state index contributed by atoms with van der Waals surface area (Å²) in [5.74, 6) is 0.615. The van der Waals surface area contributed by atoms with Gasteiger partial charge >= 0.3 is 0 Å². The molecule has 0 radical (unpaired) electrons. The van der Waals surface area contributed by atoms with E-state index in [0.29, 0.717) is 24.3 Å². The number of aryl methyl sites for hydroxylation is 2. The van der Waals surface area contributed by atoms with Crippen molar-refractivity contribution in [2.45, 2.75) is 26.3 Å².